The number of carbonyl (C=O) groups is 1. The number of piperidine rings is 1. The first-order valence-corrected chi connectivity index (χ1v) is 7.41. The Hall–Kier alpha value is -0.970. The van der Waals surface area contributed by atoms with Crippen molar-refractivity contribution >= 4 is 29.1 Å². The molecule has 1 heterocycles. The molecule has 1 aliphatic rings. The van der Waals surface area contributed by atoms with Crippen molar-refractivity contribution in [2.45, 2.75) is 31.8 Å². The average molecular weight is 317 g/mol. The van der Waals surface area contributed by atoms with Crippen molar-refractivity contribution in [3.63, 3.8) is 0 Å². The van der Waals surface area contributed by atoms with Crippen LogP contribution in [0.25, 0.3) is 0 Å². The number of nitrogens with one attached hydrogen (secondary N) is 1. The van der Waals surface area contributed by atoms with E-state index in [4.69, 9.17) is 23.2 Å². The zero-order valence-corrected chi connectivity index (χ0v) is 12.8. The Kier molecular flexibility index (Phi) is 5.13. The van der Waals surface area contributed by atoms with Crippen molar-refractivity contribution in [3.05, 3.63) is 27.7 Å². The molecule has 1 fully saturated rings. The number of aromatic hydroxyl groups is 1. The summed E-state index contributed by atoms with van der Waals surface area (Å²) < 4.78 is 0. The van der Waals surface area contributed by atoms with Crippen LogP contribution in [-0.2, 0) is 11.3 Å². The van der Waals surface area contributed by atoms with Gasteiger partial charge in [-0.1, -0.05) is 29.6 Å². The second-order valence-electron chi connectivity index (χ2n) is 4.99. The summed E-state index contributed by atoms with van der Waals surface area (Å²) in [5.41, 5.74) is 0.651. The monoisotopic (exact) mass is 316 g/mol. The number of phenols is 1. The number of rotatable bonds is 3. The molecule has 1 saturated heterocycles. The number of likely N-dealkylation sites (tertiary alicyclic amines) is 1. The molecule has 6 heteroatoms. The Morgan fingerprint density at radius 2 is 2.20 bits per heavy atom. The first-order valence-electron chi connectivity index (χ1n) is 6.65. The topological polar surface area (TPSA) is 52.6 Å². The number of halogens is 2. The lowest BCUT2D eigenvalue weighted by atomic mass is 10.0. The summed E-state index contributed by atoms with van der Waals surface area (Å²) in [6.07, 6.45) is 2.91. The summed E-state index contributed by atoms with van der Waals surface area (Å²) in [5.74, 6) is 0.0506. The summed E-state index contributed by atoms with van der Waals surface area (Å²) in [4.78, 5) is 14.0. The van der Waals surface area contributed by atoms with E-state index in [1.807, 2.05) is 0 Å². The average Bonchev–Trinajstić information content (AvgIpc) is 2.44. The molecule has 0 radical (unpaired) electrons. The fraction of sp³-hybridized carbons (Fsp3) is 0.500. The maximum Gasteiger partial charge on any atom is 0.237 e. The molecule has 1 unspecified atom stereocenters. The molecule has 0 aromatic heterocycles. The Labute approximate surface area is 128 Å². The van der Waals surface area contributed by atoms with E-state index in [-0.39, 0.29) is 22.7 Å². The number of benzene rings is 1. The van der Waals surface area contributed by atoms with Crippen molar-refractivity contribution in [2.75, 3.05) is 13.6 Å². The smallest absolute Gasteiger partial charge is 0.237 e. The van der Waals surface area contributed by atoms with Gasteiger partial charge >= 0.3 is 0 Å². The van der Waals surface area contributed by atoms with E-state index in [1.165, 1.54) is 6.07 Å². The van der Waals surface area contributed by atoms with Gasteiger partial charge in [-0.3, -0.25) is 9.69 Å². The van der Waals surface area contributed by atoms with E-state index in [0.29, 0.717) is 17.1 Å². The highest BCUT2D eigenvalue weighted by Gasteiger charge is 2.28. The molecule has 0 spiro atoms. The number of amides is 1. The van der Waals surface area contributed by atoms with E-state index >= 15 is 0 Å². The number of nitrogens with zero attached hydrogens (tertiary/aromatic N) is 1. The SMILES string of the molecule is CNC(=O)C1CCCCN1Cc1cc(Cl)cc(Cl)c1O. The molecule has 2 rings (SSSR count). The summed E-state index contributed by atoms with van der Waals surface area (Å²) in [7, 11) is 1.64. The van der Waals surface area contributed by atoms with Gasteiger partial charge in [0.15, 0.2) is 0 Å². The summed E-state index contributed by atoms with van der Waals surface area (Å²) in [5, 5.41) is 13.4. The number of hydrogen-bond donors (Lipinski definition) is 2. The van der Waals surface area contributed by atoms with Crippen LogP contribution in [0.4, 0.5) is 0 Å². The number of hydrogen-bond acceptors (Lipinski definition) is 3. The van der Waals surface area contributed by atoms with Gasteiger partial charge in [-0.25, -0.2) is 0 Å². The van der Waals surface area contributed by atoms with Gasteiger partial charge in [-0.05, 0) is 31.5 Å². The lowest BCUT2D eigenvalue weighted by molar-refractivity contribution is -0.127. The van der Waals surface area contributed by atoms with Gasteiger partial charge in [0.05, 0.1) is 11.1 Å². The van der Waals surface area contributed by atoms with Crippen LogP contribution in [0.3, 0.4) is 0 Å². The van der Waals surface area contributed by atoms with E-state index in [9.17, 15) is 9.90 Å². The molecule has 0 saturated carbocycles. The van der Waals surface area contributed by atoms with Crippen molar-refractivity contribution < 1.29 is 9.90 Å². The van der Waals surface area contributed by atoms with E-state index in [0.717, 1.165) is 25.8 Å². The van der Waals surface area contributed by atoms with E-state index in [2.05, 4.69) is 10.2 Å². The molecule has 1 aromatic carbocycles. The van der Waals surface area contributed by atoms with Crippen molar-refractivity contribution in [3.8, 4) is 5.75 Å². The highest BCUT2D eigenvalue weighted by Crippen LogP contribution is 2.33. The summed E-state index contributed by atoms with van der Waals surface area (Å²) in [6, 6.07) is 3.04. The third-order valence-corrected chi connectivity index (χ3v) is 4.15. The van der Waals surface area contributed by atoms with Crippen LogP contribution in [0.2, 0.25) is 10.0 Å². The summed E-state index contributed by atoms with van der Waals surface area (Å²) in [6.45, 7) is 1.28. The predicted octanol–water partition coefficient (Wildman–Crippen LogP) is 2.80. The molecule has 1 amide bonds. The van der Waals surface area contributed by atoms with Gasteiger partial charge in [-0.2, -0.15) is 0 Å². The third kappa shape index (κ3) is 3.37. The van der Waals surface area contributed by atoms with E-state index < -0.39 is 0 Å². The highest BCUT2D eigenvalue weighted by atomic mass is 35.5. The van der Waals surface area contributed by atoms with Gasteiger partial charge in [-0.15, -0.1) is 0 Å². The minimum absolute atomic E-state index is 0.0114. The van der Waals surface area contributed by atoms with Gasteiger partial charge in [0.25, 0.3) is 0 Å². The minimum Gasteiger partial charge on any atom is -0.506 e. The van der Waals surface area contributed by atoms with Crippen LogP contribution >= 0.6 is 23.2 Å². The summed E-state index contributed by atoms with van der Waals surface area (Å²) >= 11 is 11.9. The normalized spacial score (nSPS) is 19.9. The first-order chi connectivity index (χ1) is 9.52. The Bertz CT molecular complexity index is 508. The van der Waals surface area contributed by atoms with E-state index in [1.54, 1.807) is 13.1 Å². The Morgan fingerprint density at radius 1 is 1.45 bits per heavy atom. The Balaban J connectivity index is 2.21. The number of carbonyl (C=O) groups excluding carboxylic acids is 1. The number of phenolic OH excluding ortho intramolecular Hbond substituents is 1. The molecule has 0 aliphatic carbocycles. The molecular formula is C14H18Cl2N2O2. The van der Waals surface area contributed by atoms with Crippen LogP contribution in [0.15, 0.2) is 12.1 Å². The molecular weight excluding hydrogens is 299 g/mol. The molecule has 1 atom stereocenters. The fourth-order valence-electron chi connectivity index (χ4n) is 2.60. The minimum atomic E-state index is -0.161. The lowest BCUT2D eigenvalue weighted by Crippen LogP contribution is -2.48. The maximum absolute atomic E-state index is 11.9. The molecule has 110 valence electrons. The zero-order chi connectivity index (χ0) is 14.7. The van der Waals surface area contributed by atoms with Gasteiger partial charge in [0, 0.05) is 24.2 Å². The van der Waals surface area contributed by atoms with Crippen molar-refractivity contribution in [1.29, 1.82) is 0 Å². The van der Waals surface area contributed by atoms with Crippen molar-refractivity contribution in [2.24, 2.45) is 0 Å². The van der Waals surface area contributed by atoms with Crippen molar-refractivity contribution in [1.82, 2.24) is 10.2 Å². The molecule has 2 N–H and O–H groups in total. The quantitative estimate of drug-likeness (QED) is 0.901. The van der Waals surface area contributed by atoms with Crippen LogP contribution in [0, 0.1) is 0 Å². The third-order valence-electron chi connectivity index (χ3n) is 3.64. The van der Waals surface area contributed by atoms with Crippen LogP contribution < -0.4 is 5.32 Å². The van der Waals surface area contributed by atoms with Gasteiger partial charge in [0.2, 0.25) is 5.91 Å². The molecule has 1 aromatic rings. The first kappa shape index (κ1) is 15.4. The van der Waals surface area contributed by atoms with Crippen LogP contribution in [-0.4, -0.2) is 35.5 Å². The Morgan fingerprint density at radius 3 is 2.90 bits per heavy atom. The van der Waals surface area contributed by atoms with Gasteiger partial charge < -0.3 is 10.4 Å². The molecule has 20 heavy (non-hydrogen) atoms. The largest absolute Gasteiger partial charge is 0.506 e. The maximum atomic E-state index is 11.9. The van der Waals surface area contributed by atoms with Crippen LogP contribution in [0.5, 0.6) is 5.75 Å². The molecule has 1 aliphatic heterocycles. The standard InChI is InChI=1S/C14H18Cl2N2O2/c1-17-14(20)12-4-2-3-5-18(12)8-9-6-10(15)7-11(16)13(9)19/h6-7,12,19H,2-5,8H2,1H3,(H,17,20). The fourth-order valence-corrected chi connectivity index (χ4v) is 3.14. The predicted molar refractivity (Wildman–Crippen MR) is 80.2 cm³/mol. The highest BCUT2D eigenvalue weighted by molar-refractivity contribution is 6.35. The zero-order valence-electron chi connectivity index (χ0n) is 11.3. The second-order valence-corrected chi connectivity index (χ2v) is 5.84. The number of likely N-dealkylation sites (N-methyl/N-ethyl adjacent to an activating group) is 1. The molecule has 4 nitrogen and oxygen atoms in total. The molecule has 0 bridgehead atoms. The van der Waals surface area contributed by atoms with Gasteiger partial charge in [0.1, 0.15) is 5.75 Å². The lowest BCUT2D eigenvalue weighted by Gasteiger charge is -2.34. The van der Waals surface area contributed by atoms with Crippen LogP contribution in [0.1, 0.15) is 24.8 Å². The second kappa shape index (κ2) is 6.66.